The molecule has 36 heavy (non-hydrogen) atoms. The fourth-order valence-electron chi connectivity index (χ4n) is 4.09. The van der Waals surface area contributed by atoms with Gasteiger partial charge in [0, 0.05) is 10.8 Å². The first kappa shape index (κ1) is 29.5. The number of benzene rings is 2. The van der Waals surface area contributed by atoms with E-state index in [4.69, 9.17) is 18.9 Å². The molecular weight excluding hydrogens is 456 g/mol. The summed E-state index contributed by atoms with van der Waals surface area (Å²) in [6, 6.07) is 10.5. The van der Waals surface area contributed by atoms with Crippen LogP contribution in [0.5, 0.6) is 11.5 Å². The van der Waals surface area contributed by atoms with Crippen LogP contribution in [0.2, 0.25) is 0 Å². The van der Waals surface area contributed by atoms with Crippen LogP contribution in [0.15, 0.2) is 36.4 Å². The van der Waals surface area contributed by atoms with Crippen LogP contribution in [0.3, 0.4) is 0 Å². The van der Waals surface area contributed by atoms with Crippen molar-refractivity contribution in [2.75, 3.05) is 13.2 Å². The maximum Gasteiger partial charge on any atom is 0.513 e. The van der Waals surface area contributed by atoms with Crippen LogP contribution in [0.4, 0.5) is 9.59 Å². The Kier molecular flexibility index (Phi) is 15.1. The number of rotatable bonds is 18. The predicted octanol–water partition coefficient (Wildman–Crippen LogP) is 9.37. The van der Waals surface area contributed by atoms with Crippen molar-refractivity contribution in [3.05, 3.63) is 36.4 Å². The molecule has 0 heterocycles. The van der Waals surface area contributed by atoms with Gasteiger partial charge < -0.3 is 18.9 Å². The van der Waals surface area contributed by atoms with Crippen molar-refractivity contribution in [2.24, 2.45) is 0 Å². The largest absolute Gasteiger partial charge is 0.513 e. The minimum atomic E-state index is -0.728. The molecule has 0 unspecified atom stereocenters. The van der Waals surface area contributed by atoms with Gasteiger partial charge in [0.2, 0.25) is 0 Å². The Morgan fingerprint density at radius 2 is 0.889 bits per heavy atom. The van der Waals surface area contributed by atoms with E-state index in [1.54, 1.807) is 12.1 Å². The first-order valence-electron chi connectivity index (χ1n) is 13.9. The summed E-state index contributed by atoms with van der Waals surface area (Å²) < 4.78 is 21.4. The summed E-state index contributed by atoms with van der Waals surface area (Å²) in [5.74, 6) is 0.720. The molecule has 0 atom stereocenters. The van der Waals surface area contributed by atoms with Gasteiger partial charge >= 0.3 is 12.3 Å². The summed E-state index contributed by atoms with van der Waals surface area (Å²) in [7, 11) is 0. The first-order valence-corrected chi connectivity index (χ1v) is 13.9. The zero-order chi connectivity index (χ0) is 25.8. The second-order valence-corrected chi connectivity index (χ2v) is 9.25. The van der Waals surface area contributed by atoms with E-state index in [-0.39, 0.29) is 0 Å². The normalized spacial score (nSPS) is 10.8. The van der Waals surface area contributed by atoms with Crippen molar-refractivity contribution in [1.82, 2.24) is 0 Å². The van der Waals surface area contributed by atoms with E-state index < -0.39 is 12.3 Å². The lowest BCUT2D eigenvalue weighted by Gasteiger charge is -2.12. The van der Waals surface area contributed by atoms with Crippen LogP contribution in [0, 0.1) is 0 Å². The van der Waals surface area contributed by atoms with Crippen LogP contribution in [-0.4, -0.2) is 25.5 Å². The van der Waals surface area contributed by atoms with Gasteiger partial charge in [-0.1, -0.05) is 115 Å². The number of hydrogen-bond acceptors (Lipinski definition) is 6. The van der Waals surface area contributed by atoms with Crippen molar-refractivity contribution in [2.45, 2.75) is 104 Å². The van der Waals surface area contributed by atoms with Crippen molar-refractivity contribution in [1.29, 1.82) is 0 Å². The molecule has 0 N–H and O–H groups in total. The molecule has 0 aliphatic carbocycles. The maximum atomic E-state index is 12.2. The van der Waals surface area contributed by atoms with Gasteiger partial charge in [-0.2, -0.15) is 0 Å². The van der Waals surface area contributed by atoms with Gasteiger partial charge in [-0.25, -0.2) is 9.59 Å². The van der Waals surface area contributed by atoms with Crippen LogP contribution < -0.4 is 9.47 Å². The van der Waals surface area contributed by atoms with E-state index in [0.717, 1.165) is 38.5 Å². The highest BCUT2D eigenvalue weighted by Crippen LogP contribution is 2.33. The number of carbonyl (C=O) groups excluding carboxylic acids is 2. The highest BCUT2D eigenvalue weighted by atomic mass is 16.7. The van der Waals surface area contributed by atoms with Crippen molar-refractivity contribution < 1.29 is 28.5 Å². The number of unbranched alkanes of at least 4 members (excludes halogenated alkanes) is 12. The third-order valence-electron chi connectivity index (χ3n) is 6.17. The lowest BCUT2D eigenvalue weighted by molar-refractivity contribution is 0.0958. The monoisotopic (exact) mass is 500 g/mol. The minimum absolute atomic E-state index is 0.344. The number of fused-ring (bicyclic) bond motifs is 1. The van der Waals surface area contributed by atoms with Gasteiger partial charge in [0.25, 0.3) is 0 Å². The standard InChI is InChI=1S/C30H44O6/c1-3-5-7-9-11-13-17-23-33-29(31)35-27-21-22-28(26-20-16-15-19-25(26)27)36-30(32)34-24-18-14-12-10-8-6-4-2/h15-16,19-22H,3-14,17-18,23-24H2,1-2H3. The quantitative estimate of drug-likeness (QED) is 0.115. The molecule has 0 saturated heterocycles. The average molecular weight is 501 g/mol. The van der Waals surface area contributed by atoms with Crippen molar-refractivity contribution >= 4 is 23.1 Å². The van der Waals surface area contributed by atoms with Gasteiger partial charge in [-0.3, -0.25) is 0 Å². The Hall–Kier alpha value is -2.76. The molecule has 0 aliphatic rings. The van der Waals surface area contributed by atoms with Crippen LogP contribution >= 0.6 is 0 Å². The fraction of sp³-hybridized carbons (Fsp3) is 0.600. The third kappa shape index (κ3) is 11.8. The second-order valence-electron chi connectivity index (χ2n) is 9.25. The van der Waals surface area contributed by atoms with E-state index in [2.05, 4.69) is 13.8 Å². The minimum Gasteiger partial charge on any atom is -0.434 e. The zero-order valence-electron chi connectivity index (χ0n) is 22.2. The van der Waals surface area contributed by atoms with Crippen molar-refractivity contribution in [3.63, 3.8) is 0 Å². The highest BCUT2D eigenvalue weighted by molar-refractivity contribution is 5.95. The molecule has 0 radical (unpaired) electrons. The highest BCUT2D eigenvalue weighted by Gasteiger charge is 2.15. The molecule has 0 spiro atoms. The van der Waals surface area contributed by atoms with Gasteiger partial charge in [-0.15, -0.1) is 0 Å². The van der Waals surface area contributed by atoms with E-state index >= 15 is 0 Å². The molecule has 6 nitrogen and oxygen atoms in total. The Bertz CT molecular complexity index is 822. The van der Waals surface area contributed by atoms with Crippen LogP contribution in [0.1, 0.15) is 104 Å². The molecule has 0 amide bonds. The maximum absolute atomic E-state index is 12.2. The summed E-state index contributed by atoms with van der Waals surface area (Å²) >= 11 is 0. The summed E-state index contributed by atoms with van der Waals surface area (Å²) in [5, 5.41) is 1.31. The molecule has 0 bridgehead atoms. The lowest BCUT2D eigenvalue weighted by Crippen LogP contribution is -2.13. The number of carbonyl (C=O) groups is 2. The van der Waals surface area contributed by atoms with Gasteiger partial charge in [0.1, 0.15) is 11.5 Å². The molecule has 2 aromatic carbocycles. The molecule has 0 aromatic heterocycles. The summed E-state index contributed by atoms with van der Waals surface area (Å²) in [6.07, 6.45) is 14.6. The van der Waals surface area contributed by atoms with Crippen molar-refractivity contribution in [3.8, 4) is 11.5 Å². The Morgan fingerprint density at radius 3 is 1.28 bits per heavy atom. The van der Waals surface area contributed by atoms with Gasteiger partial charge in [-0.05, 0) is 25.0 Å². The molecule has 2 rings (SSSR count). The van der Waals surface area contributed by atoms with Gasteiger partial charge in [0.05, 0.1) is 13.2 Å². The number of hydrogen-bond donors (Lipinski definition) is 0. The molecule has 0 aliphatic heterocycles. The lowest BCUT2D eigenvalue weighted by atomic mass is 10.1. The van der Waals surface area contributed by atoms with E-state index in [1.807, 2.05) is 24.3 Å². The van der Waals surface area contributed by atoms with E-state index in [9.17, 15) is 9.59 Å². The SMILES string of the molecule is CCCCCCCCCOC(=O)Oc1ccc(OC(=O)OCCCCCCCCC)c2ccccc12. The van der Waals surface area contributed by atoms with E-state index in [0.29, 0.717) is 35.5 Å². The zero-order valence-corrected chi connectivity index (χ0v) is 22.2. The smallest absolute Gasteiger partial charge is 0.434 e. The van der Waals surface area contributed by atoms with Crippen LogP contribution in [-0.2, 0) is 9.47 Å². The van der Waals surface area contributed by atoms with E-state index in [1.165, 1.54) is 51.4 Å². The van der Waals surface area contributed by atoms with Gasteiger partial charge in [0.15, 0.2) is 0 Å². The van der Waals surface area contributed by atoms with Crippen LogP contribution in [0.25, 0.3) is 10.8 Å². The Labute approximate surface area is 216 Å². The molecule has 0 fully saturated rings. The summed E-state index contributed by atoms with van der Waals surface area (Å²) in [5.41, 5.74) is 0. The topological polar surface area (TPSA) is 71.1 Å². The predicted molar refractivity (Wildman–Crippen MR) is 144 cm³/mol. The molecule has 2 aromatic rings. The summed E-state index contributed by atoms with van der Waals surface area (Å²) in [4.78, 5) is 24.4. The fourth-order valence-corrected chi connectivity index (χ4v) is 4.09. The molecular formula is C30H44O6. The molecule has 200 valence electrons. The Balaban J connectivity index is 1.77. The molecule has 6 heteroatoms. The number of ether oxygens (including phenoxy) is 4. The first-order chi connectivity index (χ1) is 17.7. The average Bonchev–Trinajstić information content (AvgIpc) is 2.88. The summed E-state index contributed by atoms with van der Waals surface area (Å²) in [6.45, 7) is 5.10. The molecule has 0 saturated carbocycles. The second kappa shape index (κ2) is 18.5. The third-order valence-corrected chi connectivity index (χ3v) is 6.17. The Morgan fingerprint density at radius 1 is 0.528 bits per heavy atom.